The topological polar surface area (TPSA) is 25.2 Å². The molecule has 18 heavy (non-hydrogen) atoms. The first kappa shape index (κ1) is 13.1. The van der Waals surface area contributed by atoms with Crippen LogP contribution in [0.5, 0.6) is 0 Å². The Balaban J connectivity index is 2.52. The molecule has 1 unspecified atom stereocenters. The Kier molecular flexibility index (Phi) is 3.73. The molecule has 0 spiro atoms. The van der Waals surface area contributed by atoms with Gasteiger partial charge < -0.3 is 9.73 Å². The normalized spacial score (nSPS) is 12.7. The lowest BCUT2D eigenvalue weighted by Crippen LogP contribution is -2.18. The molecular weight excluding hydrogens is 253 g/mol. The summed E-state index contributed by atoms with van der Waals surface area (Å²) in [4.78, 5) is 0. The second-order valence-corrected chi connectivity index (χ2v) is 4.68. The van der Waals surface area contributed by atoms with Crippen LogP contribution in [-0.2, 0) is 0 Å². The second kappa shape index (κ2) is 5.12. The van der Waals surface area contributed by atoms with Crippen LogP contribution < -0.4 is 5.32 Å². The molecule has 0 amide bonds. The number of benzene rings is 1. The Morgan fingerprint density at radius 2 is 2.00 bits per heavy atom. The Hall–Kier alpha value is -1.32. The van der Waals surface area contributed by atoms with Crippen molar-refractivity contribution in [1.29, 1.82) is 0 Å². The summed E-state index contributed by atoms with van der Waals surface area (Å²) >= 11 is 6.13. The van der Waals surface area contributed by atoms with Gasteiger partial charge in [-0.05, 0) is 50.2 Å². The van der Waals surface area contributed by atoms with E-state index in [1.54, 1.807) is 19.3 Å². The van der Waals surface area contributed by atoms with Crippen molar-refractivity contribution in [3.63, 3.8) is 0 Å². The molecular formula is C14H15ClFNO. The zero-order valence-electron chi connectivity index (χ0n) is 10.6. The number of nitrogens with one attached hydrogen (secondary N) is 1. The van der Waals surface area contributed by atoms with Gasteiger partial charge in [-0.2, -0.15) is 0 Å². The van der Waals surface area contributed by atoms with Crippen LogP contribution in [0.3, 0.4) is 0 Å². The fourth-order valence-corrected chi connectivity index (χ4v) is 2.33. The van der Waals surface area contributed by atoms with Crippen LogP contribution in [0.25, 0.3) is 0 Å². The molecule has 2 rings (SSSR count). The van der Waals surface area contributed by atoms with Gasteiger partial charge in [0.15, 0.2) is 0 Å². The van der Waals surface area contributed by atoms with E-state index in [1.807, 2.05) is 20.0 Å². The highest BCUT2D eigenvalue weighted by Gasteiger charge is 2.20. The summed E-state index contributed by atoms with van der Waals surface area (Å²) in [6, 6.07) is 4.92. The molecule has 96 valence electrons. The zero-order valence-corrected chi connectivity index (χ0v) is 11.3. The van der Waals surface area contributed by atoms with Crippen molar-refractivity contribution in [3.8, 4) is 0 Å². The molecule has 1 atom stereocenters. The minimum Gasteiger partial charge on any atom is -0.469 e. The van der Waals surface area contributed by atoms with E-state index < -0.39 is 0 Å². The lowest BCUT2D eigenvalue weighted by Gasteiger charge is -2.18. The maximum absolute atomic E-state index is 13.4. The highest BCUT2D eigenvalue weighted by atomic mass is 35.5. The van der Waals surface area contributed by atoms with Crippen LogP contribution in [0.4, 0.5) is 4.39 Å². The van der Waals surface area contributed by atoms with Crippen molar-refractivity contribution in [3.05, 3.63) is 57.8 Å². The first-order valence-electron chi connectivity index (χ1n) is 5.71. The summed E-state index contributed by atoms with van der Waals surface area (Å²) in [7, 11) is 1.84. The largest absolute Gasteiger partial charge is 0.469 e. The summed E-state index contributed by atoms with van der Waals surface area (Å²) in [6.45, 7) is 3.62. The highest BCUT2D eigenvalue weighted by Crippen LogP contribution is 2.32. The minimum atomic E-state index is -0.289. The molecule has 0 aliphatic rings. The Morgan fingerprint density at radius 1 is 1.28 bits per heavy atom. The van der Waals surface area contributed by atoms with Gasteiger partial charge in [0.05, 0.1) is 12.3 Å². The minimum absolute atomic E-state index is 0.101. The van der Waals surface area contributed by atoms with Crippen molar-refractivity contribution in [2.75, 3.05) is 7.05 Å². The van der Waals surface area contributed by atoms with Crippen molar-refractivity contribution < 1.29 is 8.81 Å². The van der Waals surface area contributed by atoms with Crippen LogP contribution in [0.1, 0.15) is 28.5 Å². The lowest BCUT2D eigenvalue weighted by molar-refractivity contribution is 0.523. The number of rotatable bonds is 3. The zero-order chi connectivity index (χ0) is 13.3. The predicted octanol–water partition coefficient (Wildman–Crippen LogP) is 4.00. The maximum Gasteiger partial charge on any atom is 0.127 e. The lowest BCUT2D eigenvalue weighted by atomic mass is 9.97. The van der Waals surface area contributed by atoms with E-state index in [4.69, 9.17) is 16.0 Å². The molecule has 0 bridgehead atoms. The average Bonchev–Trinajstić information content (AvgIpc) is 2.73. The number of aryl methyl sites for hydroxylation is 2. The van der Waals surface area contributed by atoms with E-state index in [0.29, 0.717) is 10.6 Å². The molecule has 0 radical (unpaired) electrons. The standard InChI is InChI=1S/C14H15ClFNO/c1-8-6-11(12(15)7-13(8)16)14(17-3)10-4-5-18-9(10)2/h4-7,14,17H,1-3H3. The SMILES string of the molecule is CNC(c1cc(C)c(F)cc1Cl)c1ccoc1C. The van der Waals surface area contributed by atoms with E-state index in [1.165, 1.54) is 6.07 Å². The summed E-state index contributed by atoms with van der Waals surface area (Å²) in [5.41, 5.74) is 2.43. The van der Waals surface area contributed by atoms with Crippen LogP contribution in [-0.4, -0.2) is 7.05 Å². The maximum atomic E-state index is 13.4. The van der Waals surface area contributed by atoms with Gasteiger partial charge in [0, 0.05) is 10.6 Å². The summed E-state index contributed by atoms with van der Waals surface area (Å²) in [6.07, 6.45) is 1.64. The monoisotopic (exact) mass is 267 g/mol. The van der Waals surface area contributed by atoms with Gasteiger partial charge >= 0.3 is 0 Å². The third-order valence-corrected chi connectivity index (χ3v) is 3.41. The fraction of sp³-hybridized carbons (Fsp3) is 0.286. The summed E-state index contributed by atoms with van der Waals surface area (Å²) in [5, 5.41) is 3.60. The van der Waals surface area contributed by atoms with Gasteiger partial charge in [0.25, 0.3) is 0 Å². The van der Waals surface area contributed by atoms with Crippen molar-refractivity contribution >= 4 is 11.6 Å². The third-order valence-electron chi connectivity index (χ3n) is 3.09. The summed E-state index contributed by atoms with van der Waals surface area (Å²) < 4.78 is 18.7. The second-order valence-electron chi connectivity index (χ2n) is 4.28. The van der Waals surface area contributed by atoms with Crippen molar-refractivity contribution in [2.45, 2.75) is 19.9 Å². The molecule has 1 aromatic carbocycles. The smallest absolute Gasteiger partial charge is 0.127 e. The van der Waals surface area contributed by atoms with Gasteiger partial charge in [-0.3, -0.25) is 0 Å². The first-order chi connectivity index (χ1) is 8.54. The van der Waals surface area contributed by atoms with Crippen LogP contribution >= 0.6 is 11.6 Å². The van der Waals surface area contributed by atoms with Gasteiger partial charge in [0.2, 0.25) is 0 Å². The molecule has 2 nitrogen and oxygen atoms in total. The van der Waals surface area contributed by atoms with E-state index in [2.05, 4.69) is 5.32 Å². The number of halogens is 2. The molecule has 0 fully saturated rings. The van der Waals surface area contributed by atoms with Crippen molar-refractivity contribution in [1.82, 2.24) is 5.32 Å². The van der Waals surface area contributed by atoms with E-state index in [0.717, 1.165) is 16.9 Å². The molecule has 1 heterocycles. The summed E-state index contributed by atoms with van der Waals surface area (Å²) in [5.74, 6) is 0.537. The quantitative estimate of drug-likeness (QED) is 0.909. The van der Waals surface area contributed by atoms with Gasteiger partial charge in [-0.1, -0.05) is 11.6 Å². The predicted molar refractivity (Wildman–Crippen MR) is 70.5 cm³/mol. The Labute approximate surface area is 111 Å². The molecule has 0 saturated carbocycles. The van der Waals surface area contributed by atoms with E-state index in [9.17, 15) is 4.39 Å². The fourth-order valence-electron chi connectivity index (χ4n) is 2.07. The molecule has 1 aromatic heterocycles. The molecule has 0 aliphatic heterocycles. The Morgan fingerprint density at radius 3 is 2.56 bits per heavy atom. The van der Waals surface area contributed by atoms with E-state index in [-0.39, 0.29) is 11.9 Å². The number of furan rings is 1. The average molecular weight is 268 g/mol. The molecule has 0 aliphatic carbocycles. The van der Waals surface area contributed by atoms with Crippen LogP contribution in [0.15, 0.2) is 28.9 Å². The number of hydrogen-bond donors (Lipinski definition) is 1. The molecule has 4 heteroatoms. The van der Waals surface area contributed by atoms with E-state index >= 15 is 0 Å². The molecule has 1 N–H and O–H groups in total. The Bertz CT molecular complexity index is 565. The third kappa shape index (κ3) is 2.28. The first-order valence-corrected chi connectivity index (χ1v) is 6.09. The van der Waals surface area contributed by atoms with Crippen LogP contribution in [0.2, 0.25) is 5.02 Å². The van der Waals surface area contributed by atoms with Gasteiger partial charge in [0.1, 0.15) is 11.6 Å². The van der Waals surface area contributed by atoms with Crippen LogP contribution in [0, 0.1) is 19.7 Å². The number of hydrogen-bond acceptors (Lipinski definition) is 2. The molecule has 2 aromatic rings. The molecule has 0 saturated heterocycles. The highest BCUT2D eigenvalue weighted by molar-refractivity contribution is 6.31. The van der Waals surface area contributed by atoms with Gasteiger partial charge in [-0.25, -0.2) is 4.39 Å². The van der Waals surface area contributed by atoms with Gasteiger partial charge in [-0.15, -0.1) is 0 Å². The van der Waals surface area contributed by atoms with Crippen molar-refractivity contribution in [2.24, 2.45) is 0 Å².